The van der Waals surface area contributed by atoms with Gasteiger partial charge in [0.25, 0.3) is 5.89 Å². The zero-order valence-corrected chi connectivity index (χ0v) is 13.3. The average Bonchev–Trinajstić information content (AvgIpc) is 3.04. The third-order valence-electron chi connectivity index (χ3n) is 3.52. The maximum Gasteiger partial charge on any atom is 0.342 e. The number of aromatic hydroxyl groups is 1. The topological polar surface area (TPSA) is 85.5 Å². The molecular formula is C18H16N2O4. The van der Waals surface area contributed by atoms with E-state index in [0.29, 0.717) is 11.5 Å². The highest BCUT2D eigenvalue weighted by atomic mass is 16.5. The predicted octanol–water partition coefficient (Wildman–Crippen LogP) is 3.42. The van der Waals surface area contributed by atoms with Crippen molar-refractivity contribution in [3.8, 4) is 17.2 Å². The smallest absolute Gasteiger partial charge is 0.342 e. The third kappa shape index (κ3) is 3.27. The molecule has 0 saturated carbocycles. The number of hydrogen-bond acceptors (Lipinski definition) is 6. The molecule has 0 aliphatic heterocycles. The van der Waals surface area contributed by atoms with Gasteiger partial charge in [0.05, 0.1) is 0 Å². The van der Waals surface area contributed by atoms with Crippen LogP contribution in [0.5, 0.6) is 5.75 Å². The molecule has 122 valence electrons. The highest BCUT2D eigenvalue weighted by molar-refractivity contribution is 5.92. The summed E-state index contributed by atoms with van der Waals surface area (Å²) in [5, 5.41) is 17.7. The Labute approximate surface area is 138 Å². The number of nitrogens with zero attached hydrogens (tertiary/aromatic N) is 2. The van der Waals surface area contributed by atoms with Gasteiger partial charge in [0.2, 0.25) is 5.89 Å². The molecule has 0 spiro atoms. The molecule has 3 rings (SSSR count). The first-order valence-corrected chi connectivity index (χ1v) is 7.39. The lowest BCUT2D eigenvalue weighted by atomic mass is 10.1. The average molecular weight is 324 g/mol. The Morgan fingerprint density at radius 3 is 2.75 bits per heavy atom. The molecule has 0 atom stereocenters. The van der Waals surface area contributed by atoms with Crippen molar-refractivity contribution < 1.29 is 19.1 Å². The van der Waals surface area contributed by atoms with Crippen LogP contribution in [0.25, 0.3) is 11.5 Å². The molecule has 0 bridgehead atoms. The Bertz CT molecular complexity index is 886. The standard InChI is InChI=1S/C18H16N2O4/c1-11-5-3-7-13(9-11)17-20-19-15(24-17)10-23-18(22)14-8-4-6-12(2)16(14)21/h3-9,21H,10H2,1-2H3. The van der Waals surface area contributed by atoms with E-state index in [0.717, 1.165) is 11.1 Å². The largest absolute Gasteiger partial charge is 0.507 e. The number of aromatic nitrogens is 2. The number of hydrogen-bond donors (Lipinski definition) is 1. The molecule has 1 N–H and O–H groups in total. The van der Waals surface area contributed by atoms with Gasteiger partial charge in [-0.25, -0.2) is 4.79 Å². The second-order valence-corrected chi connectivity index (χ2v) is 5.42. The lowest BCUT2D eigenvalue weighted by Gasteiger charge is -2.06. The fourth-order valence-electron chi connectivity index (χ4n) is 2.24. The van der Waals surface area contributed by atoms with Crippen molar-refractivity contribution in [3.63, 3.8) is 0 Å². The van der Waals surface area contributed by atoms with Crippen LogP contribution in [-0.4, -0.2) is 21.3 Å². The Balaban J connectivity index is 1.69. The molecule has 1 heterocycles. The molecular weight excluding hydrogens is 308 g/mol. The minimum Gasteiger partial charge on any atom is -0.507 e. The van der Waals surface area contributed by atoms with Crippen molar-refractivity contribution >= 4 is 5.97 Å². The van der Waals surface area contributed by atoms with Gasteiger partial charge in [-0.2, -0.15) is 0 Å². The van der Waals surface area contributed by atoms with E-state index >= 15 is 0 Å². The van der Waals surface area contributed by atoms with E-state index < -0.39 is 5.97 Å². The van der Waals surface area contributed by atoms with Gasteiger partial charge >= 0.3 is 5.97 Å². The van der Waals surface area contributed by atoms with Crippen molar-refractivity contribution in [1.29, 1.82) is 0 Å². The summed E-state index contributed by atoms with van der Waals surface area (Å²) in [5.74, 6) is -0.185. The monoisotopic (exact) mass is 324 g/mol. The summed E-state index contributed by atoms with van der Waals surface area (Å²) in [4.78, 5) is 12.0. The zero-order valence-electron chi connectivity index (χ0n) is 13.3. The molecule has 0 unspecified atom stereocenters. The number of benzene rings is 2. The van der Waals surface area contributed by atoms with Crippen LogP contribution in [0.4, 0.5) is 0 Å². The molecule has 6 nitrogen and oxygen atoms in total. The fraction of sp³-hybridized carbons (Fsp3) is 0.167. The molecule has 0 aliphatic carbocycles. The van der Waals surface area contributed by atoms with E-state index in [1.165, 1.54) is 6.07 Å². The first-order chi connectivity index (χ1) is 11.5. The van der Waals surface area contributed by atoms with Crippen LogP contribution in [-0.2, 0) is 11.3 Å². The fourth-order valence-corrected chi connectivity index (χ4v) is 2.24. The first-order valence-electron chi connectivity index (χ1n) is 7.39. The van der Waals surface area contributed by atoms with E-state index in [2.05, 4.69) is 10.2 Å². The molecule has 1 aromatic heterocycles. The number of ether oxygens (including phenoxy) is 1. The normalized spacial score (nSPS) is 10.6. The van der Waals surface area contributed by atoms with Gasteiger partial charge in [-0.15, -0.1) is 10.2 Å². The molecule has 2 aromatic carbocycles. The van der Waals surface area contributed by atoms with Crippen molar-refractivity contribution in [2.24, 2.45) is 0 Å². The Kier molecular flexibility index (Phi) is 4.29. The number of para-hydroxylation sites is 1. The second kappa shape index (κ2) is 6.54. The Morgan fingerprint density at radius 1 is 1.17 bits per heavy atom. The van der Waals surface area contributed by atoms with Gasteiger partial charge < -0.3 is 14.3 Å². The number of phenols is 1. The van der Waals surface area contributed by atoms with Crippen molar-refractivity contribution in [1.82, 2.24) is 10.2 Å². The number of carbonyl (C=O) groups is 1. The second-order valence-electron chi connectivity index (χ2n) is 5.42. The lowest BCUT2D eigenvalue weighted by molar-refractivity contribution is 0.0435. The van der Waals surface area contributed by atoms with Crippen LogP contribution < -0.4 is 0 Å². The van der Waals surface area contributed by atoms with E-state index in [1.807, 2.05) is 31.2 Å². The SMILES string of the molecule is Cc1cccc(-c2nnc(COC(=O)c3cccc(C)c3O)o2)c1. The summed E-state index contributed by atoms with van der Waals surface area (Å²) in [5.41, 5.74) is 2.59. The zero-order chi connectivity index (χ0) is 17.1. The van der Waals surface area contributed by atoms with Gasteiger partial charge in [-0.3, -0.25) is 0 Å². The lowest BCUT2D eigenvalue weighted by Crippen LogP contribution is -2.06. The number of rotatable bonds is 4. The molecule has 0 fully saturated rings. The summed E-state index contributed by atoms with van der Waals surface area (Å²) >= 11 is 0. The van der Waals surface area contributed by atoms with Crippen LogP contribution in [0.1, 0.15) is 27.4 Å². The van der Waals surface area contributed by atoms with Crippen LogP contribution in [0.3, 0.4) is 0 Å². The van der Waals surface area contributed by atoms with E-state index in [9.17, 15) is 9.90 Å². The van der Waals surface area contributed by atoms with Crippen molar-refractivity contribution in [2.75, 3.05) is 0 Å². The number of aryl methyl sites for hydroxylation is 2. The molecule has 24 heavy (non-hydrogen) atoms. The van der Waals surface area contributed by atoms with E-state index in [1.54, 1.807) is 19.1 Å². The Morgan fingerprint density at radius 2 is 1.96 bits per heavy atom. The maximum absolute atomic E-state index is 12.0. The van der Waals surface area contributed by atoms with Gasteiger partial charge in [-0.1, -0.05) is 29.8 Å². The Hall–Kier alpha value is -3.15. The summed E-state index contributed by atoms with van der Waals surface area (Å²) < 4.78 is 10.6. The van der Waals surface area contributed by atoms with Gasteiger partial charge in [0.1, 0.15) is 11.3 Å². The van der Waals surface area contributed by atoms with Crippen LogP contribution in [0.15, 0.2) is 46.9 Å². The molecule has 0 aliphatic rings. The maximum atomic E-state index is 12.0. The first kappa shape index (κ1) is 15.7. The predicted molar refractivity (Wildman–Crippen MR) is 86.4 cm³/mol. The number of esters is 1. The van der Waals surface area contributed by atoms with Crippen LogP contribution in [0, 0.1) is 13.8 Å². The third-order valence-corrected chi connectivity index (χ3v) is 3.52. The summed E-state index contributed by atoms with van der Waals surface area (Å²) in [6, 6.07) is 12.5. The minimum absolute atomic E-state index is 0.0894. The summed E-state index contributed by atoms with van der Waals surface area (Å²) in [6.45, 7) is 3.51. The van der Waals surface area contributed by atoms with Gasteiger partial charge in [0, 0.05) is 5.56 Å². The molecule has 0 saturated heterocycles. The van der Waals surface area contributed by atoms with Crippen molar-refractivity contribution in [3.05, 3.63) is 65.0 Å². The van der Waals surface area contributed by atoms with Gasteiger partial charge in [0.15, 0.2) is 6.61 Å². The quantitative estimate of drug-likeness (QED) is 0.740. The number of phenolic OH excluding ortho intramolecular Hbond substituents is 1. The molecule has 0 radical (unpaired) electrons. The van der Waals surface area contributed by atoms with Crippen LogP contribution >= 0.6 is 0 Å². The van der Waals surface area contributed by atoms with E-state index in [4.69, 9.17) is 9.15 Å². The highest BCUT2D eigenvalue weighted by Gasteiger charge is 2.16. The van der Waals surface area contributed by atoms with Gasteiger partial charge in [-0.05, 0) is 37.6 Å². The van der Waals surface area contributed by atoms with E-state index in [-0.39, 0.29) is 23.8 Å². The summed E-state index contributed by atoms with van der Waals surface area (Å²) in [7, 11) is 0. The van der Waals surface area contributed by atoms with Crippen LogP contribution in [0.2, 0.25) is 0 Å². The minimum atomic E-state index is -0.647. The molecule has 0 amide bonds. The molecule has 3 aromatic rings. The molecule has 6 heteroatoms. The highest BCUT2D eigenvalue weighted by Crippen LogP contribution is 2.23. The summed E-state index contributed by atoms with van der Waals surface area (Å²) in [6.07, 6.45) is 0. The number of carbonyl (C=O) groups excluding carboxylic acids is 1. The van der Waals surface area contributed by atoms with Crippen molar-refractivity contribution in [2.45, 2.75) is 20.5 Å².